The smallest absolute Gasteiger partial charge is 0.129 e. The number of hydrogen-bond donors (Lipinski definition) is 0. The molecular formula is C10H12F2. The van der Waals surface area contributed by atoms with Crippen molar-refractivity contribution in [3.05, 3.63) is 34.9 Å². The predicted molar refractivity (Wildman–Crippen MR) is 45.1 cm³/mol. The average Bonchev–Trinajstić information content (AvgIpc) is 2.00. The highest BCUT2D eigenvalue weighted by molar-refractivity contribution is 5.28. The van der Waals surface area contributed by atoms with E-state index in [2.05, 4.69) is 0 Å². The Morgan fingerprint density at radius 2 is 1.92 bits per heavy atom. The summed E-state index contributed by atoms with van der Waals surface area (Å²) < 4.78 is 25.6. The summed E-state index contributed by atoms with van der Waals surface area (Å²) in [5.74, 6) is -0.931. The van der Waals surface area contributed by atoms with Gasteiger partial charge in [0.1, 0.15) is 11.6 Å². The standard InChI is InChI=1S/C10H12F2/c1-3-4-8-5-9(11)6-10(12)7(8)2/h5-6H,3-4H2,1-2H3. The zero-order valence-corrected chi connectivity index (χ0v) is 7.32. The summed E-state index contributed by atoms with van der Waals surface area (Å²) >= 11 is 0. The van der Waals surface area contributed by atoms with Crippen LogP contribution < -0.4 is 0 Å². The largest absolute Gasteiger partial charge is 0.207 e. The van der Waals surface area contributed by atoms with Crippen molar-refractivity contribution >= 4 is 0 Å². The fourth-order valence-electron chi connectivity index (χ4n) is 1.23. The van der Waals surface area contributed by atoms with Crippen LogP contribution in [0.2, 0.25) is 0 Å². The zero-order chi connectivity index (χ0) is 9.14. The highest BCUT2D eigenvalue weighted by atomic mass is 19.1. The maximum Gasteiger partial charge on any atom is 0.129 e. The average molecular weight is 170 g/mol. The van der Waals surface area contributed by atoms with Crippen molar-refractivity contribution in [2.45, 2.75) is 26.7 Å². The monoisotopic (exact) mass is 170 g/mol. The van der Waals surface area contributed by atoms with E-state index in [-0.39, 0.29) is 0 Å². The van der Waals surface area contributed by atoms with Gasteiger partial charge in [-0.1, -0.05) is 13.3 Å². The first-order valence-electron chi connectivity index (χ1n) is 4.09. The lowest BCUT2D eigenvalue weighted by molar-refractivity contribution is 0.572. The normalized spacial score (nSPS) is 10.3. The minimum atomic E-state index is -0.485. The van der Waals surface area contributed by atoms with E-state index in [1.165, 1.54) is 6.07 Å². The van der Waals surface area contributed by atoms with Gasteiger partial charge in [0.2, 0.25) is 0 Å². The molecule has 0 aliphatic carbocycles. The highest BCUT2D eigenvalue weighted by Gasteiger charge is 2.05. The summed E-state index contributed by atoms with van der Waals surface area (Å²) in [6.45, 7) is 3.67. The lowest BCUT2D eigenvalue weighted by atomic mass is 10.0. The molecule has 12 heavy (non-hydrogen) atoms. The molecule has 0 atom stereocenters. The molecule has 0 nitrogen and oxygen atoms in total. The Hall–Kier alpha value is -0.920. The van der Waals surface area contributed by atoms with Crippen LogP contribution in [0.4, 0.5) is 8.78 Å². The van der Waals surface area contributed by atoms with Gasteiger partial charge in [-0.15, -0.1) is 0 Å². The molecule has 2 heteroatoms. The Labute approximate surface area is 71.2 Å². The summed E-state index contributed by atoms with van der Waals surface area (Å²) in [6.07, 6.45) is 1.64. The number of hydrogen-bond acceptors (Lipinski definition) is 0. The molecule has 0 unspecified atom stereocenters. The maximum atomic E-state index is 12.9. The maximum absolute atomic E-state index is 12.9. The molecule has 0 aliphatic rings. The van der Waals surface area contributed by atoms with Gasteiger partial charge in [0.05, 0.1) is 0 Å². The predicted octanol–water partition coefficient (Wildman–Crippen LogP) is 3.23. The molecule has 0 aromatic heterocycles. The van der Waals surface area contributed by atoms with E-state index in [1.54, 1.807) is 6.92 Å². The molecular weight excluding hydrogens is 158 g/mol. The molecule has 0 radical (unpaired) electrons. The van der Waals surface area contributed by atoms with Crippen molar-refractivity contribution < 1.29 is 8.78 Å². The minimum absolute atomic E-state index is 0.446. The fourth-order valence-corrected chi connectivity index (χ4v) is 1.23. The Morgan fingerprint density at radius 1 is 1.25 bits per heavy atom. The topological polar surface area (TPSA) is 0 Å². The first kappa shape index (κ1) is 9.17. The van der Waals surface area contributed by atoms with Gasteiger partial charge in [-0.05, 0) is 30.5 Å². The third-order valence-corrected chi connectivity index (χ3v) is 1.94. The Bertz CT molecular complexity index is 279. The van der Waals surface area contributed by atoms with Gasteiger partial charge < -0.3 is 0 Å². The second-order valence-corrected chi connectivity index (χ2v) is 2.92. The van der Waals surface area contributed by atoms with Crippen LogP contribution in [0, 0.1) is 18.6 Å². The van der Waals surface area contributed by atoms with E-state index in [1.807, 2.05) is 6.92 Å². The van der Waals surface area contributed by atoms with E-state index in [9.17, 15) is 8.78 Å². The fraction of sp³-hybridized carbons (Fsp3) is 0.400. The molecule has 0 saturated heterocycles. The first-order chi connectivity index (χ1) is 5.65. The molecule has 0 N–H and O–H groups in total. The Balaban J connectivity index is 3.09. The van der Waals surface area contributed by atoms with Crippen LogP contribution >= 0.6 is 0 Å². The SMILES string of the molecule is CCCc1cc(F)cc(F)c1C. The second kappa shape index (κ2) is 3.65. The quantitative estimate of drug-likeness (QED) is 0.639. The second-order valence-electron chi connectivity index (χ2n) is 2.92. The van der Waals surface area contributed by atoms with E-state index < -0.39 is 11.6 Å². The molecule has 0 fully saturated rings. The Morgan fingerprint density at radius 3 is 2.50 bits per heavy atom. The Kier molecular flexibility index (Phi) is 2.79. The summed E-state index contributed by atoms with van der Waals surface area (Å²) in [6, 6.07) is 2.33. The highest BCUT2D eigenvalue weighted by Crippen LogP contribution is 2.16. The molecule has 0 heterocycles. The van der Waals surface area contributed by atoms with Gasteiger partial charge in [0, 0.05) is 6.07 Å². The summed E-state index contributed by atoms with van der Waals surface area (Å²) in [4.78, 5) is 0. The van der Waals surface area contributed by atoms with Crippen LogP contribution in [0.15, 0.2) is 12.1 Å². The molecule has 0 aliphatic heterocycles. The van der Waals surface area contributed by atoms with Gasteiger partial charge in [0.25, 0.3) is 0 Å². The molecule has 0 bridgehead atoms. The lowest BCUT2D eigenvalue weighted by Crippen LogP contribution is -1.94. The van der Waals surface area contributed by atoms with Gasteiger partial charge >= 0.3 is 0 Å². The van der Waals surface area contributed by atoms with Gasteiger partial charge in [-0.25, -0.2) is 8.78 Å². The lowest BCUT2D eigenvalue weighted by Gasteiger charge is -2.04. The summed E-state index contributed by atoms with van der Waals surface area (Å²) in [7, 11) is 0. The van der Waals surface area contributed by atoms with Crippen LogP contribution in [0.3, 0.4) is 0 Å². The van der Waals surface area contributed by atoms with Crippen molar-refractivity contribution in [2.75, 3.05) is 0 Å². The third-order valence-electron chi connectivity index (χ3n) is 1.94. The van der Waals surface area contributed by atoms with Crippen LogP contribution in [-0.2, 0) is 6.42 Å². The number of rotatable bonds is 2. The minimum Gasteiger partial charge on any atom is -0.207 e. The van der Waals surface area contributed by atoms with E-state index >= 15 is 0 Å². The molecule has 0 spiro atoms. The molecule has 0 saturated carbocycles. The van der Waals surface area contributed by atoms with Crippen LogP contribution in [0.1, 0.15) is 24.5 Å². The van der Waals surface area contributed by atoms with Crippen LogP contribution in [-0.4, -0.2) is 0 Å². The summed E-state index contributed by atoms with van der Waals surface area (Å²) in [5, 5.41) is 0. The molecule has 1 rings (SSSR count). The van der Waals surface area contributed by atoms with Crippen molar-refractivity contribution in [3.63, 3.8) is 0 Å². The van der Waals surface area contributed by atoms with E-state index in [0.29, 0.717) is 5.56 Å². The van der Waals surface area contributed by atoms with Gasteiger partial charge in [-0.3, -0.25) is 0 Å². The zero-order valence-electron chi connectivity index (χ0n) is 7.32. The van der Waals surface area contributed by atoms with Gasteiger partial charge in [-0.2, -0.15) is 0 Å². The van der Waals surface area contributed by atoms with Crippen molar-refractivity contribution in [1.29, 1.82) is 0 Å². The van der Waals surface area contributed by atoms with Crippen LogP contribution in [0.5, 0.6) is 0 Å². The van der Waals surface area contributed by atoms with Crippen molar-refractivity contribution in [1.82, 2.24) is 0 Å². The van der Waals surface area contributed by atoms with Gasteiger partial charge in [0.15, 0.2) is 0 Å². The molecule has 1 aromatic rings. The van der Waals surface area contributed by atoms with Crippen LogP contribution in [0.25, 0.3) is 0 Å². The molecule has 0 amide bonds. The summed E-state index contributed by atoms with van der Waals surface area (Å²) in [5.41, 5.74) is 1.34. The number of aryl methyl sites for hydroxylation is 1. The third kappa shape index (κ3) is 1.81. The molecule has 66 valence electrons. The van der Waals surface area contributed by atoms with E-state index in [0.717, 1.165) is 24.5 Å². The molecule has 1 aromatic carbocycles. The number of halogens is 2. The van der Waals surface area contributed by atoms with Crippen molar-refractivity contribution in [3.8, 4) is 0 Å². The van der Waals surface area contributed by atoms with Crippen molar-refractivity contribution in [2.24, 2.45) is 0 Å². The first-order valence-corrected chi connectivity index (χ1v) is 4.09. The van der Waals surface area contributed by atoms with E-state index in [4.69, 9.17) is 0 Å². The number of benzene rings is 1.